The maximum Gasteiger partial charge on any atom is 0.254 e. The molecule has 1 aliphatic rings. The number of ether oxygens (including phenoxy) is 1. The van der Waals surface area contributed by atoms with E-state index in [1.165, 1.54) is 30.7 Å². The number of hydrogen-bond acceptors (Lipinski definition) is 7. The number of carbonyl (C=O) groups is 2. The van der Waals surface area contributed by atoms with E-state index in [2.05, 4.69) is 28.9 Å². The fourth-order valence-electron chi connectivity index (χ4n) is 4.16. The SMILES string of the molecule is CCc1ccc(NC(=O)CSC2=C(C#N)[C@@H](c3ccco3)C(C(=O)Nc3ccccc3OC)=C(C)N2)cc1. The summed E-state index contributed by atoms with van der Waals surface area (Å²) in [5, 5.41) is 19.6. The van der Waals surface area contributed by atoms with E-state index in [0.29, 0.717) is 44.8 Å². The first-order chi connectivity index (χ1) is 18.4. The minimum atomic E-state index is -0.752. The molecule has 0 saturated carbocycles. The number of nitriles is 1. The second-order valence-corrected chi connectivity index (χ2v) is 9.49. The highest BCUT2D eigenvalue weighted by atomic mass is 32.2. The van der Waals surface area contributed by atoms with E-state index < -0.39 is 11.8 Å². The van der Waals surface area contributed by atoms with Gasteiger partial charge in [0.1, 0.15) is 11.5 Å². The summed E-state index contributed by atoms with van der Waals surface area (Å²) >= 11 is 1.20. The molecule has 0 saturated heterocycles. The average molecular weight is 529 g/mol. The van der Waals surface area contributed by atoms with Crippen molar-refractivity contribution in [3.63, 3.8) is 0 Å². The lowest BCUT2D eigenvalue weighted by Gasteiger charge is -2.28. The third kappa shape index (κ3) is 5.93. The Labute approximate surface area is 225 Å². The molecule has 0 spiro atoms. The molecular formula is C29H28N4O4S. The van der Waals surface area contributed by atoms with Crippen LogP contribution in [0.1, 0.15) is 31.1 Å². The van der Waals surface area contributed by atoms with Crippen molar-refractivity contribution in [2.75, 3.05) is 23.5 Å². The van der Waals surface area contributed by atoms with E-state index in [0.717, 1.165) is 6.42 Å². The Hall–Kier alpha value is -4.42. The summed E-state index contributed by atoms with van der Waals surface area (Å²) in [7, 11) is 1.53. The van der Waals surface area contributed by atoms with Gasteiger partial charge in [-0.15, -0.1) is 0 Å². The molecule has 2 amide bonds. The molecule has 0 bridgehead atoms. The summed E-state index contributed by atoms with van der Waals surface area (Å²) in [5.41, 5.74) is 3.58. The molecule has 3 N–H and O–H groups in total. The maximum atomic E-state index is 13.5. The molecule has 1 aromatic heterocycles. The van der Waals surface area contributed by atoms with Gasteiger partial charge in [-0.25, -0.2) is 0 Å². The van der Waals surface area contributed by atoms with Crippen molar-refractivity contribution < 1.29 is 18.7 Å². The summed E-state index contributed by atoms with van der Waals surface area (Å²) in [4.78, 5) is 26.2. The first-order valence-corrected chi connectivity index (χ1v) is 13.0. The highest BCUT2D eigenvalue weighted by Crippen LogP contribution is 2.41. The number of thioether (sulfide) groups is 1. The first kappa shape index (κ1) is 26.6. The van der Waals surface area contributed by atoms with Crippen molar-refractivity contribution in [2.45, 2.75) is 26.2 Å². The largest absolute Gasteiger partial charge is 0.495 e. The molecule has 0 unspecified atom stereocenters. The second-order valence-electron chi connectivity index (χ2n) is 8.51. The molecule has 1 aliphatic heterocycles. The molecule has 9 heteroatoms. The summed E-state index contributed by atoms with van der Waals surface area (Å²) < 4.78 is 11.0. The number of nitrogens with zero attached hydrogens (tertiary/aromatic N) is 1. The molecule has 0 radical (unpaired) electrons. The molecule has 3 aromatic rings. The average Bonchev–Trinajstić information content (AvgIpc) is 3.47. The molecule has 2 heterocycles. The van der Waals surface area contributed by atoms with Gasteiger partial charge in [-0.2, -0.15) is 5.26 Å². The number of nitrogens with one attached hydrogen (secondary N) is 3. The topological polar surface area (TPSA) is 116 Å². The zero-order valence-corrected chi connectivity index (χ0v) is 22.1. The lowest BCUT2D eigenvalue weighted by atomic mass is 9.85. The number of carbonyl (C=O) groups excluding carboxylic acids is 2. The Balaban J connectivity index is 1.57. The van der Waals surface area contributed by atoms with Crippen molar-refractivity contribution in [2.24, 2.45) is 0 Å². The molecule has 2 aromatic carbocycles. The van der Waals surface area contributed by atoms with Crippen molar-refractivity contribution in [3.8, 4) is 11.8 Å². The maximum absolute atomic E-state index is 13.5. The van der Waals surface area contributed by atoms with E-state index >= 15 is 0 Å². The number of methoxy groups -OCH3 is 1. The third-order valence-electron chi connectivity index (χ3n) is 6.07. The molecule has 0 aliphatic carbocycles. The first-order valence-electron chi connectivity index (χ1n) is 12.1. The van der Waals surface area contributed by atoms with E-state index in [1.807, 2.05) is 30.3 Å². The van der Waals surface area contributed by atoms with Gasteiger partial charge < -0.3 is 25.1 Å². The standard InChI is InChI=1S/C29H28N4O4S/c1-4-19-11-13-20(14-12-19)32-25(34)17-38-29-21(16-30)27(24-10-7-15-37-24)26(18(2)31-29)28(35)33-22-8-5-6-9-23(22)36-3/h5-15,27,31H,4,17H2,1-3H3,(H,32,34)(H,33,35)/t27-/m0/s1. The molecule has 0 fully saturated rings. The Morgan fingerprint density at radius 2 is 1.87 bits per heavy atom. The van der Waals surface area contributed by atoms with E-state index in [4.69, 9.17) is 9.15 Å². The van der Waals surface area contributed by atoms with Crippen molar-refractivity contribution in [1.29, 1.82) is 5.26 Å². The summed E-state index contributed by atoms with van der Waals surface area (Å²) in [6, 6.07) is 20.4. The van der Waals surface area contributed by atoms with Crippen molar-refractivity contribution >= 4 is 35.0 Å². The van der Waals surface area contributed by atoms with Crippen LogP contribution in [0.25, 0.3) is 0 Å². The van der Waals surface area contributed by atoms with Gasteiger partial charge >= 0.3 is 0 Å². The van der Waals surface area contributed by atoms with Gasteiger partial charge in [-0.1, -0.05) is 43.0 Å². The number of benzene rings is 2. The van der Waals surface area contributed by atoms with Crippen LogP contribution in [0.2, 0.25) is 0 Å². The van der Waals surface area contributed by atoms with E-state index in [9.17, 15) is 14.9 Å². The Kier molecular flexibility index (Phi) is 8.56. The predicted molar refractivity (Wildman–Crippen MR) is 148 cm³/mol. The van der Waals surface area contributed by atoms with Crippen LogP contribution in [0.15, 0.2) is 93.2 Å². The zero-order chi connectivity index (χ0) is 27.1. The molecule has 194 valence electrons. The number of allylic oxidation sites excluding steroid dienone is 2. The van der Waals surface area contributed by atoms with Gasteiger partial charge in [-0.05, 0) is 55.3 Å². The second kappa shape index (κ2) is 12.2. The van der Waals surface area contributed by atoms with Gasteiger partial charge in [0.15, 0.2) is 0 Å². The molecule has 1 atom stereocenters. The quantitative estimate of drug-likeness (QED) is 0.333. The Morgan fingerprint density at radius 1 is 1.11 bits per heavy atom. The fourth-order valence-corrected chi connectivity index (χ4v) is 5.06. The van der Waals surface area contributed by atoms with Crippen LogP contribution in [0.5, 0.6) is 5.75 Å². The van der Waals surface area contributed by atoms with E-state index in [-0.39, 0.29) is 11.7 Å². The monoisotopic (exact) mass is 528 g/mol. The Bertz CT molecular complexity index is 1420. The summed E-state index contributed by atoms with van der Waals surface area (Å²) in [6.07, 6.45) is 2.42. The van der Waals surface area contributed by atoms with Gasteiger partial charge in [0.05, 0.1) is 53.0 Å². The summed E-state index contributed by atoms with van der Waals surface area (Å²) in [5.74, 6) is -0.318. The van der Waals surface area contributed by atoms with Gasteiger partial charge in [0, 0.05) is 11.4 Å². The Morgan fingerprint density at radius 3 is 2.53 bits per heavy atom. The van der Waals surface area contributed by atoms with Gasteiger partial charge in [0.25, 0.3) is 5.91 Å². The van der Waals surface area contributed by atoms with Crippen LogP contribution in [0, 0.1) is 11.3 Å². The van der Waals surface area contributed by atoms with Crippen molar-refractivity contribution in [3.05, 3.63) is 100 Å². The minimum absolute atomic E-state index is 0.0734. The predicted octanol–water partition coefficient (Wildman–Crippen LogP) is 5.56. The number of rotatable bonds is 9. The highest BCUT2D eigenvalue weighted by Gasteiger charge is 2.36. The fraction of sp³-hybridized carbons (Fsp3) is 0.207. The van der Waals surface area contributed by atoms with Gasteiger partial charge in [0.2, 0.25) is 5.91 Å². The molecule has 38 heavy (non-hydrogen) atoms. The van der Waals surface area contributed by atoms with Crippen molar-refractivity contribution in [1.82, 2.24) is 5.32 Å². The molecule has 4 rings (SSSR count). The van der Waals surface area contributed by atoms with Gasteiger partial charge in [-0.3, -0.25) is 9.59 Å². The van der Waals surface area contributed by atoms with Crippen LogP contribution < -0.4 is 20.7 Å². The zero-order valence-electron chi connectivity index (χ0n) is 21.3. The normalized spacial score (nSPS) is 14.9. The van der Waals surface area contributed by atoms with Crippen LogP contribution in [-0.2, 0) is 16.0 Å². The smallest absolute Gasteiger partial charge is 0.254 e. The highest BCUT2D eigenvalue weighted by molar-refractivity contribution is 8.03. The number of amides is 2. The number of furan rings is 1. The number of aryl methyl sites for hydroxylation is 1. The number of anilines is 2. The van der Waals surface area contributed by atoms with Crippen LogP contribution in [0.4, 0.5) is 11.4 Å². The number of dihydropyridines is 1. The third-order valence-corrected chi connectivity index (χ3v) is 7.09. The van der Waals surface area contributed by atoms with Crippen LogP contribution in [0.3, 0.4) is 0 Å². The number of para-hydroxylation sites is 2. The van der Waals surface area contributed by atoms with Crippen LogP contribution >= 0.6 is 11.8 Å². The summed E-state index contributed by atoms with van der Waals surface area (Å²) in [6.45, 7) is 3.83. The number of hydrogen-bond donors (Lipinski definition) is 3. The molecular weight excluding hydrogens is 500 g/mol. The van der Waals surface area contributed by atoms with E-state index in [1.54, 1.807) is 37.3 Å². The lowest BCUT2D eigenvalue weighted by Crippen LogP contribution is -2.31. The van der Waals surface area contributed by atoms with Crippen LogP contribution in [-0.4, -0.2) is 24.7 Å². The minimum Gasteiger partial charge on any atom is -0.495 e. The molecule has 8 nitrogen and oxygen atoms in total. The lowest BCUT2D eigenvalue weighted by molar-refractivity contribution is -0.114.